The Hall–Kier alpha value is -1.33. The molecule has 1 aliphatic rings. The summed E-state index contributed by atoms with van der Waals surface area (Å²) >= 11 is 1.57. The van der Waals surface area contributed by atoms with E-state index in [-0.39, 0.29) is 23.0 Å². The molecule has 0 unspecified atom stereocenters. The first-order valence-corrected chi connectivity index (χ1v) is 10.8. The number of hydrogen-bond donors (Lipinski definition) is 3. The average molecular weight is 387 g/mol. The van der Waals surface area contributed by atoms with Crippen LogP contribution in [0.2, 0.25) is 0 Å². The van der Waals surface area contributed by atoms with Crippen LogP contribution in [0.5, 0.6) is 0 Å². The largest absolute Gasteiger partial charge is 0.395 e. The van der Waals surface area contributed by atoms with Crippen LogP contribution in [0.1, 0.15) is 41.4 Å². The topological polar surface area (TPSA) is 60.7 Å². The zero-order valence-electron chi connectivity index (χ0n) is 16.1. The second-order valence-electron chi connectivity index (χ2n) is 7.53. The van der Waals surface area contributed by atoms with Crippen molar-refractivity contribution >= 4 is 11.8 Å². The monoisotopic (exact) mass is 386 g/mol. The van der Waals surface area contributed by atoms with E-state index in [2.05, 4.69) is 43.3 Å². The molecule has 1 saturated heterocycles. The predicted molar refractivity (Wildman–Crippen MR) is 112 cm³/mol. The van der Waals surface area contributed by atoms with Gasteiger partial charge in [-0.15, -0.1) is 11.8 Å². The van der Waals surface area contributed by atoms with Crippen LogP contribution in [0.4, 0.5) is 0 Å². The molecule has 1 aliphatic heterocycles. The molecule has 146 valence electrons. The molecule has 0 bridgehead atoms. The second kappa shape index (κ2) is 9.24. The average Bonchev–Trinajstić information content (AvgIpc) is 2.71. The maximum absolute atomic E-state index is 10.6. The second-order valence-corrected chi connectivity index (χ2v) is 8.92. The molecule has 3 nitrogen and oxygen atoms in total. The minimum atomic E-state index is -0.815. The third-order valence-corrected chi connectivity index (χ3v) is 7.47. The first kappa shape index (κ1) is 20.4. The van der Waals surface area contributed by atoms with Crippen molar-refractivity contribution in [3.05, 3.63) is 70.8 Å². The summed E-state index contributed by atoms with van der Waals surface area (Å²) in [5.41, 5.74) is 4.94. The molecule has 2 aromatic carbocycles. The van der Waals surface area contributed by atoms with Gasteiger partial charge in [-0.05, 0) is 47.4 Å². The maximum Gasteiger partial charge on any atom is 0.0961 e. The number of aliphatic hydroxyl groups excluding tert-OH is 3. The fourth-order valence-electron chi connectivity index (χ4n) is 3.74. The number of benzene rings is 2. The lowest BCUT2D eigenvalue weighted by atomic mass is 9.90. The SMILES string of the molecule is CCc1ccc(CCc2cccc([C@@H]3S[C@H](CO)[C@@H](C)[C@H](O)[C@H]3O)c2)cc1. The minimum absolute atomic E-state index is 0.0135. The standard InChI is InChI=1S/C23H30O3S/c1-3-16-7-9-17(10-8-16)11-12-18-5-4-6-19(13-18)23-22(26)21(25)15(2)20(14-24)27-23/h4-10,13,15,20-26H,3,11-12,14H2,1-2H3/t15-,20-,21+,22-,23+/m1/s1. The van der Waals surface area contributed by atoms with E-state index in [1.165, 1.54) is 16.7 Å². The lowest BCUT2D eigenvalue weighted by Gasteiger charge is -2.40. The van der Waals surface area contributed by atoms with E-state index in [9.17, 15) is 15.3 Å². The Morgan fingerprint density at radius 1 is 0.889 bits per heavy atom. The summed E-state index contributed by atoms with van der Waals surface area (Å²) in [5.74, 6) is -0.125. The summed E-state index contributed by atoms with van der Waals surface area (Å²) in [6.07, 6.45) is 1.35. The summed E-state index contributed by atoms with van der Waals surface area (Å²) in [4.78, 5) is 0. The molecule has 0 radical (unpaired) electrons. The molecule has 3 N–H and O–H groups in total. The van der Waals surface area contributed by atoms with Crippen molar-refractivity contribution in [1.29, 1.82) is 0 Å². The number of aliphatic hydroxyl groups is 3. The van der Waals surface area contributed by atoms with Gasteiger partial charge in [0.1, 0.15) is 0 Å². The Kier molecular flexibility index (Phi) is 6.99. The summed E-state index contributed by atoms with van der Waals surface area (Å²) < 4.78 is 0. The predicted octanol–water partition coefficient (Wildman–Crippen LogP) is 3.54. The van der Waals surface area contributed by atoms with Crippen molar-refractivity contribution < 1.29 is 15.3 Å². The normalized spacial score (nSPS) is 28.3. The minimum Gasteiger partial charge on any atom is -0.395 e. The van der Waals surface area contributed by atoms with Crippen molar-refractivity contribution in [1.82, 2.24) is 0 Å². The Bertz CT molecular complexity index is 729. The quantitative estimate of drug-likeness (QED) is 0.711. The summed E-state index contributed by atoms with van der Waals surface area (Å²) in [5, 5.41) is 30.3. The van der Waals surface area contributed by atoms with Gasteiger partial charge in [0.05, 0.1) is 24.1 Å². The first-order valence-electron chi connectivity index (χ1n) is 9.82. The Balaban J connectivity index is 1.70. The highest BCUT2D eigenvalue weighted by molar-refractivity contribution is 8.00. The Morgan fingerprint density at radius 3 is 2.22 bits per heavy atom. The van der Waals surface area contributed by atoms with E-state index in [0.29, 0.717) is 0 Å². The molecule has 27 heavy (non-hydrogen) atoms. The fraction of sp³-hybridized carbons (Fsp3) is 0.478. The van der Waals surface area contributed by atoms with Gasteiger partial charge in [0.25, 0.3) is 0 Å². The van der Waals surface area contributed by atoms with Crippen LogP contribution in [0.15, 0.2) is 48.5 Å². The van der Waals surface area contributed by atoms with E-state index >= 15 is 0 Å². The van der Waals surface area contributed by atoms with Crippen LogP contribution < -0.4 is 0 Å². The molecule has 0 saturated carbocycles. The van der Waals surface area contributed by atoms with Gasteiger partial charge in [0.15, 0.2) is 0 Å². The molecule has 0 spiro atoms. The van der Waals surface area contributed by atoms with Gasteiger partial charge in [-0.3, -0.25) is 0 Å². The lowest BCUT2D eigenvalue weighted by molar-refractivity contribution is -0.0239. The van der Waals surface area contributed by atoms with Crippen molar-refractivity contribution in [2.24, 2.45) is 5.92 Å². The van der Waals surface area contributed by atoms with Gasteiger partial charge in [0, 0.05) is 5.25 Å². The molecule has 3 rings (SSSR count). The van der Waals surface area contributed by atoms with Gasteiger partial charge in [-0.25, -0.2) is 0 Å². The summed E-state index contributed by atoms with van der Waals surface area (Å²) in [7, 11) is 0. The Labute approximate surface area is 166 Å². The van der Waals surface area contributed by atoms with Crippen molar-refractivity contribution in [2.75, 3.05) is 6.61 Å². The van der Waals surface area contributed by atoms with E-state index in [4.69, 9.17) is 0 Å². The molecular formula is C23H30O3S. The van der Waals surface area contributed by atoms with Crippen LogP contribution in [-0.2, 0) is 19.3 Å². The zero-order chi connectivity index (χ0) is 19.4. The fourth-order valence-corrected chi connectivity index (χ4v) is 5.24. The molecule has 0 amide bonds. The molecule has 2 aromatic rings. The molecule has 0 aromatic heterocycles. The van der Waals surface area contributed by atoms with E-state index in [0.717, 1.165) is 24.8 Å². The van der Waals surface area contributed by atoms with E-state index < -0.39 is 12.2 Å². The van der Waals surface area contributed by atoms with Crippen LogP contribution in [0.25, 0.3) is 0 Å². The lowest BCUT2D eigenvalue weighted by Crippen LogP contribution is -2.46. The molecule has 1 heterocycles. The van der Waals surface area contributed by atoms with Crippen molar-refractivity contribution in [3.8, 4) is 0 Å². The highest BCUT2D eigenvalue weighted by Gasteiger charge is 2.42. The van der Waals surface area contributed by atoms with Gasteiger partial charge >= 0.3 is 0 Å². The first-order chi connectivity index (χ1) is 13.0. The van der Waals surface area contributed by atoms with Gasteiger partial charge in [-0.2, -0.15) is 0 Å². The van der Waals surface area contributed by atoms with E-state index in [1.807, 2.05) is 19.1 Å². The maximum atomic E-state index is 10.6. The Morgan fingerprint density at radius 2 is 1.56 bits per heavy atom. The van der Waals surface area contributed by atoms with Crippen LogP contribution in [-0.4, -0.2) is 39.4 Å². The summed E-state index contributed by atoms with van der Waals surface area (Å²) in [6, 6.07) is 17.1. The zero-order valence-corrected chi connectivity index (χ0v) is 16.9. The molecule has 5 atom stereocenters. The number of thioether (sulfide) groups is 1. The molecular weight excluding hydrogens is 356 g/mol. The van der Waals surface area contributed by atoms with E-state index in [1.54, 1.807) is 11.8 Å². The van der Waals surface area contributed by atoms with Crippen LogP contribution in [0.3, 0.4) is 0 Å². The number of aryl methyl sites for hydroxylation is 3. The van der Waals surface area contributed by atoms with Gasteiger partial charge in [-0.1, -0.05) is 62.4 Å². The van der Waals surface area contributed by atoms with Crippen LogP contribution in [0, 0.1) is 5.92 Å². The van der Waals surface area contributed by atoms with Gasteiger partial charge < -0.3 is 15.3 Å². The summed E-state index contributed by atoms with van der Waals surface area (Å²) in [6.45, 7) is 4.06. The highest BCUT2D eigenvalue weighted by Crippen LogP contribution is 2.45. The van der Waals surface area contributed by atoms with Gasteiger partial charge in [0.2, 0.25) is 0 Å². The van der Waals surface area contributed by atoms with Crippen molar-refractivity contribution in [3.63, 3.8) is 0 Å². The number of rotatable bonds is 6. The third-order valence-electron chi connectivity index (χ3n) is 5.70. The molecule has 1 fully saturated rings. The molecule has 4 heteroatoms. The highest BCUT2D eigenvalue weighted by atomic mass is 32.2. The molecule has 0 aliphatic carbocycles. The smallest absolute Gasteiger partial charge is 0.0961 e. The van der Waals surface area contributed by atoms with Crippen molar-refractivity contribution in [2.45, 2.75) is 55.8 Å². The number of hydrogen-bond acceptors (Lipinski definition) is 4. The third kappa shape index (κ3) is 4.75. The van der Waals surface area contributed by atoms with Crippen LogP contribution >= 0.6 is 11.8 Å².